The fourth-order valence-electron chi connectivity index (χ4n) is 3.59. The maximum atomic E-state index is 12.4. The molecule has 8 heteroatoms. The van der Waals surface area contributed by atoms with Crippen LogP contribution in [0.4, 0.5) is 5.82 Å². The first-order valence-corrected chi connectivity index (χ1v) is 8.11. The van der Waals surface area contributed by atoms with Gasteiger partial charge in [0.25, 0.3) is 0 Å². The monoisotopic (exact) mass is 357 g/mol. The Labute approximate surface area is 150 Å². The van der Waals surface area contributed by atoms with Crippen LogP contribution in [0, 0.1) is 6.92 Å². The van der Waals surface area contributed by atoms with Crippen LogP contribution in [0.3, 0.4) is 0 Å². The van der Waals surface area contributed by atoms with Crippen molar-refractivity contribution in [3.8, 4) is 17.2 Å². The second-order valence-corrected chi connectivity index (χ2v) is 6.10. The van der Waals surface area contributed by atoms with Crippen LogP contribution in [-0.2, 0) is 9.53 Å². The first kappa shape index (κ1) is 16.3. The van der Waals surface area contributed by atoms with E-state index in [1.54, 1.807) is 21.3 Å². The highest BCUT2D eigenvalue weighted by atomic mass is 16.5. The van der Waals surface area contributed by atoms with Gasteiger partial charge >= 0.3 is 5.97 Å². The summed E-state index contributed by atoms with van der Waals surface area (Å²) in [5, 5.41) is 10.5. The molecule has 8 nitrogen and oxygen atoms in total. The summed E-state index contributed by atoms with van der Waals surface area (Å²) in [6.45, 7) is 2.13. The Kier molecular flexibility index (Phi) is 3.75. The standard InChI is InChI=1S/C18H19N3O5/c1-8-13-14(9-5-11(23-2)16(25-4)12(6-9)24-3)15-10(7-26-18(15)22)19-17(13)21-20-8/h5-6,14H,7H2,1-4H3,(H2,19,20,21). The molecule has 0 radical (unpaired) electrons. The Bertz CT molecular complexity index is 906. The van der Waals surface area contributed by atoms with Crippen LogP contribution in [0.1, 0.15) is 22.7 Å². The summed E-state index contributed by atoms with van der Waals surface area (Å²) in [5.41, 5.74) is 3.91. The highest BCUT2D eigenvalue weighted by Crippen LogP contribution is 2.48. The maximum Gasteiger partial charge on any atom is 0.337 e. The van der Waals surface area contributed by atoms with Crippen LogP contribution >= 0.6 is 0 Å². The van der Waals surface area contributed by atoms with Crippen LogP contribution < -0.4 is 19.5 Å². The zero-order valence-electron chi connectivity index (χ0n) is 14.9. The predicted molar refractivity (Wildman–Crippen MR) is 92.9 cm³/mol. The van der Waals surface area contributed by atoms with Gasteiger partial charge in [-0.2, -0.15) is 5.10 Å². The largest absolute Gasteiger partial charge is 0.493 e. The molecular formula is C18H19N3O5. The van der Waals surface area contributed by atoms with E-state index in [2.05, 4.69) is 15.5 Å². The number of methoxy groups -OCH3 is 3. The van der Waals surface area contributed by atoms with Gasteiger partial charge in [0.1, 0.15) is 6.61 Å². The van der Waals surface area contributed by atoms with Crippen molar-refractivity contribution in [2.24, 2.45) is 0 Å². The van der Waals surface area contributed by atoms with E-state index in [9.17, 15) is 4.79 Å². The van der Waals surface area contributed by atoms with Crippen molar-refractivity contribution in [1.82, 2.24) is 10.2 Å². The molecule has 0 spiro atoms. The third-order valence-electron chi connectivity index (χ3n) is 4.75. The molecule has 0 saturated heterocycles. The number of H-pyrrole nitrogens is 1. The number of hydrogen-bond acceptors (Lipinski definition) is 7. The van der Waals surface area contributed by atoms with E-state index in [4.69, 9.17) is 18.9 Å². The minimum atomic E-state index is -0.344. The Morgan fingerprint density at radius 2 is 1.85 bits per heavy atom. The van der Waals surface area contributed by atoms with Crippen LogP contribution in [0.15, 0.2) is 23.4 Å². The van der Waals surface area contributed by atoms with E-state index < -0.39 is 0 Å². The maximum absolute atomic E-state index is 12.4. The van der Waals surface area contributed by atoms with Crippen molar-refractivity contribution in [3.05, 3.63) is 40.2 Å². The minimum absolute atomic E-state index is 0.209. The third kappa shape index (κ3) is 2.22. The van der Waals surface area contributed by atoms with Gasteiger partial charge in [0, 0.05) is 17.2 Å². The van der Waals surface area contributed by atoms with Crippen LogP contribution in [0.2, 0.25) is 0 Å². The number of carbonyl (C=O) groups excluding carboxylic acids is 1. The Balaban J connectivity index is 1.96. The van der Waals surface area contributed by atoms with Gasteiger partial charge in [-0.3, -0.25) is 5.10 Å². The first-order chi connectivity index (χ1) is 12.6. The number of nitrogens with zero attached hydrogens (tertiary/aromatic N) is 1. The molecule has 1 atom stereocenters. The van der Waals surface area contributed by atoms with E-state index in [1.807, 2.05) is 19.1 Å². The zero-order chi connectivity index (χ0) is 18.4. The van der Waals surface area contributed by atoms with Gasteiger partial charge < -0.3 is 24.3 Å². The van der Waals surface area contributed by atoms with Gasteiger partial charge in [0.05, 0.1) is 32.6 Å². The number of esters is 1. The quantitative estimate of drug-likeness (QED) is 0.809. The molecule has 2 N–H and O–H groups in total. The normalized spacial score (nSPS) is 18.0. The highest BCUT2D eigenvalue weighted by Gasteiger charge is 2.41. The summed E-state index contributed by atoms with van der Waals surface area (Å²) in [6, 6.07) is 3.70. The van der Waals surface area contributed by atoms with E-state index in [1.165, 1.54) is 0 Å². The number of benzene rings is 1. The fourth-order valence-corrected chi connectivity index (χ4v) is 3.59. The second-order valence-electron chi connectivity index (χ2n) is 6.10. The van der Waals surface area contributed by atoms with Crippen molar-refractivity contribution in [2.45, 2.75) is 12.8 Å². The van der Waals surface area contributed by atoms with Crippen LogP contribution in [0.25, 0.3) is 0 Å². The van der Waals surface area contributed by atoms with Gasteiger partial charge in [-0.25, -0.2) is 4.79 Å². The lowest BCUT2D eigenvalue weighted by molar-refractivity contribution is -0.136. The summed E-state index contributed by atoms with van der Waals surface area (Å²) in [7, 11) is 4.68. The van der Waals surface area contributed by atoms with E-state index >= 15 is 0 Å². The minimum Gasteiger partial charge on any atom is -0.493 e. The van der Waals surface area contributed by atoms with Crippen molar-refractivity contribution in [3.63, 3.8) is 0 Å². The number of rotatable bonds is 4. The number of fused-ring (bicyclic) bond motifs is 1. The number of aromatic nitrogens is 2. The summed E-state index contributed by atoms with van der Waals surface area (Å²) in [4.78, 5) is 12.4. The van der Waals surface area contributed by atoms with Gasteiger partial charge in [-0.05, 0) is 24.6 Å². The molecule has 0 aliphatic carbocycles. The van der Waals surface area contributed by atoms with Gasteiger partial charge in [0.2, 0.25) is 5.75 Å². The molecule has 26 heavy (non-hydrogen) atoms. The lowest BCUT2D eigenvalue weighted by Gasteiger charge is -2.25. The third-order valence-corrected chi connectivity index (χ3v) is 4.75. The van der Waals surface area contributed by atoms with Crippen LogP contribution in [0.5, 0.6) is 17.2 Å². The van der Waals surface area contributed by atoms with Crippen LogP contribution in [-0.4, -0.2) is 44.1 Å². The molecule has 136 valence electrons. The SMILES string of the molecule is COc1cc(C2C3=C(COC3=O)Nc3n[nH]c(C)c32)cc(OC)c1OC. The Hall–Kier alpha value is -3.16. The molecule has 2 aliphatic rings. The Morgan fingerprint density at radius 1 is 1.15 bits per heavy atom. The second kappa shape index (κ2) is 5.98. The molecule has 1 aromatic carbocycles. The summed E-state index contributed by atoms with van der Waals surface area (Å²) in [6.07, 6.45) is 0. The molecule has 2 aromatic rings. The van der Waals surface area contributed by atoms with Crippen molar-refractivity contribution in [2.75, 3.05) is 33.3 Å². The van der Waals surface area contributed by atoms with Gasteiger partial charge in [0.15, 0.2) is 17.3 Å². The molecule has 1 unspecified atom stereocenters. The number of hydrogen-bond donors (Lipinski definition) is 2. The number of carbonyl (C=O) groups is 1. The fraction of sp³-hybridized carbons (Fsp3) is 0.333. The molecule has 0 amide bonds. The number of ether oxygens (including phenoxy) is 4. The smallest absolute Gasteiger partial charge is 0.337 e. The molecule has 0 saturated carbocycles. The Morgan fingerprint density at radius 3 is 2.46 bits per heavy atom. The molecule has 4 rings (SSSR count). The van der Waals surface area contributed by atoms with E-state index in [-0.39, 0.29) is 18.5 Å². The average Bonchev–Trinajstić information content (AvgIpc) is 3.22. The number of nitrogens with one attached hydrogen (secondary N) is 2. The molecule has 1 aromatic heterocycles. The first-order valence-electron chi connectivity index (χ1n) is 8.11. The van der Waals surface area contributed by atoms with E-state index in [0.717, 1.165) is 22.5 Å². The van der Waals surface area contributed by atoms with Crippen molar-refractivity contribution in [1.29, 1.82) is 0 Å². The highest BCUT2D eigenvalue weighted by molar-refractivity contribution is 5.97. The molecule has 2 aliphatic heterocycles. The molecule has 0 bridgehead atoms. The summed E-state index contributed by atoms with van der Waals surface area (Å²) < 4.78 is 21.6. The number of aryl methyl sites for hydroxylation is 1. The summed E-state index contributed by atoms with van der Waals surface area (Å²) in [5.74, 6) is 1.56. The number of anilines is 1. The number of cyclic esters (lactones) is 1. The molecular weight excluding hydrogens is 338 g/mol. The molecule has 3 heterocycles. The zero-order valence-corrected chi connectivity index (χ0v) is 14.9. The molecule has 0 fully saturated rings. The summed E-state index contributed by atoms with van der Waals surface area (Å²) >= 11 is 0. The van der Waals surface area contributed by atoms with Crippen molar-refractivity contribution < 1.29 is 23.7 Å². The lowest BCUT2D eigenvalue weighted by Crippen LogP contribution is -2.20. The van der Waals surface area contributed by atoms with Gasteiger partial charge in [-0.1, -0.05) is 0 Å². The number of aromatic amines is 1. The average molecular weight is 357 g/mol. The predicted octanol–water partition coefficient (Wildman–Crippen LogP) is 2.11. The van der Waals surface area contributed by atoms with E-state index in [0.29, 0.717) is 28.6 Å². The topological polar surface area (TPSA) is 94.7 Å². The van der Waals surface area contributed by atoms with Crippen molar-refractivity contribution >= 4 is 11.8 Å². The lowest BCUT2D eigenvalue weighted by atomic mass is 9.82. The van der Waals surface area contributed by atoms with Gasteiger partial charge in [-0.15, -0.1) is 0 Å².